The molecule has 0 saturated carbocycles. The summed E-state index contributed by atoms with van der Waals surface area (Å²) in [5, 5.41) is 4.24. The number of hydrogen-bond donors (Lipinski definition) is 0. The predicted octanol–water partition coefficient (Wildman–Crippen LogP) is 1.80. The number of hydrogen-bond acceptors (Lipinski definition) is 2. The molecule has 2 aromatic rings. The second-order valence-electron chi connectivity index (χ2n) is 2.33. The zero-order valence-corrected chi connectivity index (χ0v) is 7.54. The third kappa shape index (κ3) is 1.03. The van der Waals surface area contributed by atoms with Gasteiger partial charge in [-0.1, -0.05) is 0 Å². The van der Waals surface area contributed by atoms with Gasteiger partial charge in [0.2, 0.25) is 0 Å². The van der Waals surface area contributed by atoms with Crippen molar-refractivity contribution < 1.29 is 0 Å². The van der Waals surface area contributed by atoms with E-state index in [1.165, 1.54) is 0 Å². The number of aromatic nitrogens is 3. The van der Waals surface area contributed by atoms with Crippen LogP contribution in [0.2, 0.25) is 0 Å². The largest absolute Gasteiger partial charge is 0.234 e. The molecule has 2 aromatic heterocycles. The minimum atomic E-state index is 0.863. The summed E-state index contributed by atoms with van der Waals surface area (Å²) < 4.78 is 2.64. The number of nitrogens with zero attached hydrogens (tertiary/aromatic N) is 3. The molecule has 0 amide bonds. The van der Waals surface area contributed by atoms with E-state index in [0.717, 1.165) is 15.9 Å². The first-order valence-corrected chi connectivity index (χ1v) is 4.03. The van der Waals surface area contributed by atoms with Gasteiger partial charge < -0.3 is 0 Å². The fourth-order valence-corrected chi connectivity index (χ4v) is 1.30. The molecule has 0 aliphatic heterocycles. The van der Waals surface area contributed by atoms with Crippen molar-refractivity contribution in [3.05, 3.63) is 28.6 Å². The Hall–Kier alpha value is -0.900. The summed E-state index contributed by atoms with van der Waals surface area (Å²) in [6.07, 6.45) is 1.74. The Morgan fingerprint density at radius 3 is 3.09 bits per heavy atom. The highest BCUT2D eigenvalue weighted by molar-refractivity contribution is 9.10. The van der Waals surface area contributed by atoms with Crippen LogP contribution in [0.15, 0.2) is 22.9 Å². The molecule has 0 bridgehead atoms. The highest BCUT2D eigenvalue weighted by Gasteiger charge is 1.99. The molecule has 0 unspecified atom stereocenters. The van der Waals surface area contributed by atoms with Crippen molar-refractivity contribution in [2.24, 2.45) is 0 Å². The lowest BCUT2D eigenvalue weighted by molar-refractivity contribution is 0.884. The summed E-state index contributed by atoms with van der Waals surface area (Å²) in [6, 6.07) is 3.88. The molecule has 0 saturated heterocycles. The molecule has 0 N–H and O–H groups in total. The maximum absolute atomic E-state index is 4.24. The Morgan fingerprint density at radius 1 is 1.45 bits per heavy atom. The Bertz CT molecular complexity index is 393. The van der Waals surface area contributed by atoms with Crippen molar-refractivity contribution in [1.29, 1.82) is 0 Å². The lowest BCUT2D eigenvalue weighted by atomic mass is 10.4. The van der Waals surface area contributed by atoms with E-state index in [2.05, 4.69) is 26.0 Å². The molecule has 0 aliphatic carbocycles. The Labute approximate surface area is 72.2 Å². The number of imidazole rings is 1. The van der Waals surface area contributed by atoms with Crippen molar-refractivity contribution in [1.82, 2.24) is 14.6 Å². The Balaban J connectivity index is 2.87. The highest BCUT2D eigenvalue weighted by atomic mass is 79.9. The SMILES string of the molecule is Cc1ccc2ncc(Br)n2n1. The number of aryl methyl sites for hydroxylation is 1. The zero-order chi connectivity index (χ0) is 7.84. The van der Waals surface area contributed by atoms with Crippen LogP contribution >= 0.6 is 15.9 Å². The van der Waals surface area contributed by atoms with Gasteiger partial charge in [0.05, 0.1) is 11.9 Å². The standard InChI is InChI=1S/C7H6BrN3/c1-5-2-3-7-9-4-6(8)11(7)10-5/h2-4H,1H3. The molecule has 2 heterocycles. The molecular formula is C7H6BrN3. The van der Waals surface area contributed by atoms with Crippen molar-refractivity contribution in [3.8, 4) is 0 Å². The van der Waals surface area contributed by atoms with Crippen LogP contribution in [0, 0.1) is 6.92 Å². The smallest absolute Gasteiger partial charge is 0.154 e. The fraction of sp³-hybridized carbons (Fsp3) is 0.143. The maximum Gasteiger partial charge on any atom is 0.154 e. The first kappa shape index (κ1) is 6.79. The maximum atomic E-state index is 4.24. The first-order valence-electron chi connectivity index (χ1n) is 3.24. The monoisotopic (exact) mass is 211 g/mol. The van der Waals surface area contributed by atoms with E-state index in [1.807, 2.05) is 19.1 Å². The van der Waals surface area contributed by atoms with Gasteiger partial charge in [0.15, 0.2) is 5.65 Å². The van der Waals surface area contributed by atoms with Crippen LogP contribution in [0.3, 0.4) is 0 Å². The van der Waals surface area contributed by atoms with Gasteiger partial charge in [-0.2, -0.15) is 5.10 Å². The van der Waals surface area contributed by atoms with Gasteiger partial charge in [-0.15, -0.1) is 0 Å². The second kappa shape index (κ2) is 2.30. The number of fused-ring (bicyclic) bond motifs is 1. The second-order valence-corrected chi connectivity index (χ2v) is 3.14. The topological polar surface area (TPSA) is 30.2 Å². The van der Waals surface area contributed by atoms with Crippen LogP contribution < -0.4 is 0 Å². The van der Waals surface area contributed by atoms with Gasteiger partial charge in [0.25, 0.3) is 0 Å². The van der Waals surface area contributed by atoms with Crippen LogP contribution in [-0.2, 0) is 0 Å². The summed E-state index contributed by atoms with van der Waals surface area (Å²) in [7, 11) is 0. The summed E-state index contributed by atoms with van der Waals surface area (Å²) in [6.45, 7) is 1.95. The van der Waals surface area contributed by atoms with E-state index < -0.39 is 0 Å². The number of rotatable bonds is 0. The highest BCUT2D eigenvalue weighted by Crippen LogP contribution is 2.10. The summed E-state index contributed by atoms with van der Waals surface area (Å²) >= 11 is 3.34. The molecule has 0 radical (unpaired) electrons. The molecule has 0 aliphatic rings. The van der Waals surface area contributed by atoms with Crippen molar-refractivity contribution in [2.45, 2.75) is 6.92 Å². The molecule has 2 rings (SSSR count). The van der Waals surface area contributed by atoms with Gasteiger partial charge in [0.1, 0.15) is 4.60 Å². The quantitative estimate of drug-likeness (QED) is 0.666. The minimum absolute atomic E-state index is 0.863. The van der Waals surface area contributed by atoms with Crippen molar-refractivity contribution in [3.63, 3.8) is 0 Å². The van der Waals surface area contributed by atoms with Crippen LogP contribution in [0.1, 0.15) is 5.69 Å². The number of halogens is 1. The predicted molar refractivity (Wildman–Crippen MR) is 45.4 cm³/mol. The zero-order valence-electron chi connectivity index (χ0n) is 5.95. The van der Waals surface area contributed by atoms with E-state index in [1.54, 1.807) is 10.7 Å². The van der Waals surface area contributed by atoms with E-state index in [9.17, 15) is 0 Å². The Morgan fingerprint density at radius 2 is 2.27 bits per heavy atom. The third-order valence-corrected chi connectivity index (χ3v) is 1.99. The normalized spacial score (nSPS) is 10.7. The average molecular weight is 212 g/mol. The van der Waals surface area contributed by atoms with Gasteiger partial charge >= 0.3 is 0 Å². The average Bonchev–Trinajstić information content (AvgIpc) is 2.33. The van der Waals surface area contributed by atoms with Crippen LogP contribution in [-0.4, -0.2) is 14.6 Å². The van der Waals surface area contributed by atoms with Gasteiger partial charge in [-0.25, -0.2) is 9.50 Å². The van der Waals surface area contributed by atoms with E-state index in [4.69, 9.17) is 0 Å². The molecule has 0 aromatic carbocycles. The van der Waals surface area contributed by atoms with Gasteiger partial charge in [-0.05, 0) is 35.0 Å². The molecule has 3 nitrogen and oxygen atoms in total. The van der Waals surface area contributed by atoms with Crippen LogP contribution in [0.25, 0.3) is 5.65 Å². The van der Waals surface area contributed by atoms with Gasteiger partial charge in [-0.3, -0.25) is 0 Å². The summed E-state index contributed by atoms with van der Waals surface area (Å²) in [5.74, 6) is 0. The molecule has 0 spiro atoms. The lowest BCUT2D eigenvalue weighted by Crippen LogP contribution is -1.93. The molecule has 56 valence electrons. The molecule has 4 heteroatoms. The van der Waals surface area contributed by atoms with E-state index in [0.29, 0.717) is 0 Å². The molecular weight excluding hydrogens is 206 g/mol. The fourth-order valence-electron chi connectivity index (χ4n) is 0.937. The summed E-state index contributed by atoms with van der Waals surface area (Å²) in [5.41, 5.74) is 1.85. The first-order chi connectivity index (χ1) is 5.27. The molecule has 0 atom stereocenters. The third-order valence-electron chi connectivity index (χ3n) is 1.45. The molecule has 11 heavy (non-hydrogen) atoms. The lowest BCUT2D eigenvalue weighted by Gasteiger charge is -1.94. The Kier molecular flexibility index (Phi) is 1.42. The minimum Gasteiger partial charge on any atom is -0.234 e. The van der Waals surface area contributed by atoms with E-state index in [-0.39, 0.29) is 0 Å². The molecule has 0 fully saturated rings. The summed E-state index contributed by atoms with van der Waals surface area (Å²) in [4.78, 5) is 4.11. The van der Waals surface area contributed by atoms with Crippen molar-refractivity contribution >= 4 is 21.6 Å². The van der Waals surface area contributed by atoms with Crippen LogP contribution in [0.4, 0.5) is 0 Å². The van der Waals surface area contributed by atoms with Crippen molar-refractivity contribution in [2.75, 3.05) is 0 Å². The van der Waals surface area contributed by atoms with Gasteiger partial charge in [0, 0.05) is 0 Å². The van der Waals surface area contributed by atoms with E-state index >= 15 is 0 Å². The van der Waals surface area contributed by atoms with Crippen LogP contribution in [0.5, 0.6) is 0 Å².